The fraction of sp³-hybridized carbons (Fsp3) is 0.294. The summed E-state index contributed by atoms with van der Waals surface area (Å²) in [5.74, 6) is 1.16. The predicted molar refractivity (Wildman–Crippen MR) is 95.3 cm³/mol. The number of nitrogens with one attached hydrogen (secondary N) is 2. The van der Waals surface area contributed by atoms with Crippen LogP contribution in [0.15, 0.2) is 36.7 Å². The Morgan fingerprint density at radius 1 is 0.800 bits per heavy atom. The van der Waals surface area contributed by atoms with Crippen LogP contribution in [0.1, 0.15) is 30.7 Å². The number of hydrogen-bond acceptors (Lipinski definition) is 6. The summed E-state index contributed by atoms with van der Waals surface area (Å²) in [6.45, 7) is 1.15. The van der Waals surface area contributed by atoms with Crippen LogP contribution in [-0.4, -0.2) is 34.9 Å². The van der Waals surface area contributed by atoms with Crippen molar-refractivity contribution in [3.8, 4) is 11.5 Å². The molecule has 132 valence electrons. The molecule has 2 aromatic rings. The third-order valence-electron chi connectivity index (χ3n) is 3.34. The van der Waals surface area contributed by atoms with E-state index < -0.39 is 0 Å². The summed E-state index contributed by atoms with van der Waals surface area (Å²) >= 11 is 0. The van der Waals surface area contributed by atoms with Gasteiger partial charge in [0.25, 0.3) is 0 Å². The van der Waals surface area contributed by atoms with Gasteiger partial charge in [0.1, 0.15) is 34.6 Å². The molecule has 0 aliphatic heterocycles. The average molecular weight is 342 g/mol. The highest BCUT2D eigenvalue weighted by Gasteiger charge is 2.02. The van der Waals surface area contributed by atoms with E-state index in [1.54, 1.807) is 36.7 Å². The van der Waals surface area contributed by atoms with E-state index in [9.17, 15) is 0 Å². The summed E-state index contributed by atoms with van der Waals surface area (Å²) in [5, 5.41) is 14.7. The molecule has 8 heteroatoms. The number of nitrogens with two attached hydrogens (primary N) is 2. The molecule has 6 N–H and O–H groups in total. The maximum Gasteiger partial charge on any atom is 0.141 e. The normalized spacial score (nSPS) is 10.2. The second kappa shape index (κ2) is 9.21. The molecule has 0 bridgehead atoms. The Morgan fingerprint density at radius 2 is 1.24 bits per heavy atom. The molecule has 25 heavy (non-hydrogen) atoms. The number of nitrogens with zero attached hydrogens (tertiary/aromatic N) is 2. The monoisotopic (exact) mass is 342 g/mol. The quantitative estimate of drug-likeness (QED) is 0.294. The van der Waals surface area contributed by atoms with Crippen LogP contribution in [0.3, 0.4) is 0 Å². The second-order valence-corrected chi connectivity index (χ2v) is 5.34. The Balaban J connectivity index is 1.62. The van der Waals surface area contributed by atoms with Gasteiger partial charge in [0, 0.05) is 24.5 Å². The summed E-state index contributed by atoms with van der Waals surface area (Å²) in [6.07, 6.45) is 5.87. The Morgan fingerprint density at radius 3 is 1.64 bits per heavy atom. The van der Waals surface area contributed by atoms with Gasteiger partial charge in [-0.05, 0) is 31.4 Å². The highest BCUT2D eigenvalue weighted by atomic mass is 16.5. The maximum absolute atomic E-state index is 7.35. The fourth-order valence-electron chi connectivity index (χ4n) is 2.06. The number of pyridine rings is 2. The zero-order valence-corrected chi connectivity index (χ0v) is 13.9. The molecule has 0 aliphatic carbocycles. The number of nitrogen functional groups attached to an aromatic ring is 2. The average Bonchev–Trinajstić information content (AvgIpc) is 2.61. The molecule has 0 aromatic carbocycles. The highest BCUT2D eigenvalue weighted by Crippen LogP contribution is 2.13. The van der Waals surface area contributed by atoms with Crippen LogP contribution in [0.4, 0.5) is 0 Å². The van der Waals surface area contributed by atoms with Crippen molar-refractivity contribution in [2.75, 3.05) is 13.2 Å². The third kappa shape index (κ3) is 6.09. The van der Waals surface area contributed by atoms with E-state index in [2.05, 4.69) is 9.97 Å². The number of amidine groups is 2. The highest BCUT2D eigenvalue weighted by molar-refractivity contribution is 5.93. The number of unbranched alkanes of at least 4 members (excludes halogenated alkanes) is 2. The van der Waals surface area contributed by atoms with Gasteiger partial charge in [-0.15, -0.1) is 0 Å². The van der Waals surface area contributed by atoms with Crippen LogP contribution in [0.2, 0.25) is 0 Å². The first-order valence-electron chi connectivity index (χ1n) is 7.93. The molecule has 0 unspecified atom stereocenters. The van der Waals surface area contributed by atoms with Gasteiger partial charge in [-0.3, -0.25) is 20.8 Å². The molecule has 2 aromatic heterocycles. The summed E-state index contributed by atoms with van der Waals surface area (Å²) < 4.78 is 11.2. The van der Waals surface area contributed by atoms with Crippen LogP contribution in [0.5, 0.6) is 11.5 Å². The first-order chi connectivity index (χ1) is 12.1. The summed E-state index contributed by atoms with van der Waals surface area (Å²) in [4.78, 5) is 7.96. The Bertz CT molecular complexity index is 673. The van der Waals surface area contributed by atoms with Crippen LogP contribution in [0.25, 0.3) is 0 Å². The molecule has 0 spiro atoms. The topological polar surface area (TPSA) is 144 Å². The number of hydrogen-bond donors (Lipinski definition) is 4. The minimum atomic E-state index is -0.0772. The van der Waals surface area contributed by atoms with Gasteiger partial charge in [0.05, 0.1) is 13.2 Å². The second-order valence-electron chi connectivity index (χ2n) is 5.34. The van der Waals surface area contributed by atoms with Gasteiger partial charge in [-0.1, -0.05) is 0 Å². The number of aromatic nitrogens is 2. The minimum absolute atomic E-state index is 0.0772. The molecule has 0 saturated heterocycles. The molecule has 2 heterocycles. The van der Waals surface area contributed by atoms with Crippen molar-refractivity contribution >= 4 is 11.7 Å². The first kappa shape index (κ1) is 18.2. The van der Waals surface area contributed by atoms with Crippen LogP contribution in [0, 0.1) is 10.8 Å². The third-order valence-corrected chi connectivity index (χ3v) is 3.34. The van der Waals surface area contributed by atoms with E-state index in [4.69, 9.17) is 31.8 Å². The van der Waals surface area contributed by atoms with Crippen LogP contribution in [-0.2, 0) is 0 Å². The summed E-state index contributed by atoms with van der Waals surface area (Å²) in [6, 6.07) is 6.79. The van der Waals surface area contributed by atoms with Crippen molar-refractivity contribution in [2.45, 2.75) is 19.3 Å². The Kier molecular flexibility index (Phi) is 6.70. The molecule has 0 aliphatic rings. The smallest absolute Gasteiger partial charge is 0.141 e. The van der Waals surface area contributed by atoms with Crippen LogP contribution >= 0.6 is 0 Å². The molecule has 0 radical (unpaired) electrons. The number of ether oxygens (including phenoxy) is 2. The molecule has 0 saturated carbocycles. The van der Waals surface area contributed by atoms with Gasteiger partial charge in [-0.2, -0.15) is 0 Å². The molecular weight excluding hydrogens is 320 g/mol. The van der Waals surface area contributed by atoms with Crippen molar-refractivity contribution in [2.24, 2.45) is 11.5 Å². The van der Waals surface area contributed by atoms with Crippen molar-refractivity contribution in [1.29, 1.82) is 10.8 Å². The largest absolute Gasteiger partial charge is 0.493 e. The summed E-state index contributed by atoms with van der Waals surface area (Å²) in [5.41, 5.74) is 11.6. The first-order valence-corrected chi connectivity index (χ1v) is 7.93. The predicted octanol–water partition coefficient (Wildman–Crippen LogP) is 1.67. The van der Waals surface area contributed by atoms with E-state index in [0.717, 1.165) is 19.3 Å². The lowest BCUT2D eigenvalue weighted by Crippen LogP contribution is -2.13. The van der Waals surface area contributed by atoms with Gasteiger partial charge in [0.15, 0.2) is 0 Å². The lowest BCUT2D eigenvalue weighted by atomic mass is 10.2. The zero-order valence-electron chi connectivity index (χ0n) is 13.9. The minimum Gasteiger partial charge on any atom is -0.493 e. The van der Waals surface area contributed by atoms with Crippen LogP contribution < -0.4 is 20.9 Å². The number of rotatable bonds is 10. The molecule has 2 rings (SSSR count). The maximum atomic E-state index is 7.35. The summed E-state index contributed by atoms with van der Waals surface area (Å²) in [7, 11) is 0. The molecule has 8 nitrogen and oxygen atoms in total. The van der Waals surface area contributed by atoms with Crippen molar-refractivity contribution in [3.05, 3.63) is 48.0 Å². The van der Waals surface area contributed by atoms with Gasteiger partial charge in [0.2, 0.25) is 0 Å². The van der Waals surface area contributed by atoms with Gasteiger partial charge >= 0.3 is 0 Å². The van der Waals surface area contributed by atoms with Crippen molar-refractivity contribution < 1.29 is 9.47 Å². The lowest BCUT2D eigenvalue weighted by molar-refractivity contribution is 0.279. The van der Waals surface area contributed by atoms with Gasteiger partial charge < -0.3 is 20.9 Å². The van der Waals surface area contributed by atoms with E-state index in [0.29, 0.717) is 36.1 Å². The van der Waals surface area contributed by atoms with E-state index in [1.807, 2.05) is 0 Å². The SMILES string of the molecule is N=C(N)c1cc(OCCCCCOc2ccnc(C(=N)N)c2)ccn1. The van der Waals surface area contributed by atoms with E-state index >= 15 is 0 Å². The Labute approximate surface area is 146 Å². The van der Waals surface area contributed by atoms with Crippen molar-refractivity contribution in [1.82, 2.24) is 9.97 Å². The van der Waals surface area contributed by atoms with E-state index in [-0.39, 0.29) is 11.7 Å². The zero-order chi connectivity index (χ0) is 18.1. The standard InChI is InChI=1S/C17H22N6O2/c18-16(19)14-10-12(4-6-22-14)24-8-2-1-3-9-25-13-5-7-23-15(11-13)17(20)21/h4-7,10-11H,1-3,8-9H2,(H3,18,19)(H3,20,21). The fourth-order valence-corrected chi connectivity index (χ4v) is 2.06. The molecular formula is C17H22N6O2. The molecule has 0 amide bonds. The van der Waals surface area contributed by atoms with Crippen molar-refractivity contribution in [3.63, 3.8) is 0 Å². The van der Waals surface area contributed by atoms with E-state index in [1.165, 1.54) is 0 Å². The Hall–Kier alpha value is -3.16. The lowest BCUT2D eigenvalue weighted by Gasteiger charge is -2.08. The van der Waals surface area contributed by atoms with Gasteiger partial charge in [-0.25, -0.2) is 0 Å². The molecule has 0 fully saturated rings. The molecule has 0 atom stereocenters.